The fraction of sp³-hybridized carbons (Fsp3) is 0.643. The number of aliphatic hydroxyl groups excluding tert-OH is 1. The maximum atomic E-state index is 12.1. The Hall–Kier alpha value is -0.910. The SMILES string of the molecule is CC(C)(CO)CNCC(=O)N1CCc2sccc2C1. The van der Waals surface area contributed by atoms with Crippen molar-refractivity contribution in [1.82, 2.24) is 10.2 Å². The zero-order valence-corrected chi connectivity index (χ0v) is 12.4. The van der Waals surface area contributed by atoms with Gasteiger partial charge in [0.05, 0.1) is 6.54 Å². The highest BCUT2D eigenvalue weighted by atomic mass is 32.1. The number of hydrogen-bond acceptors (Lipinski definition) is 4. The van der Waals surface area contributed by atoms with Crippen LogP contribution in [0.25, 0.3) is 0 Å². The summed E-state index contributed by atoms with van der Waals surface area (Å²) in [5, 5.41) is 14.4. The molecule has 0 atom stereocenters. The lowest BCUT2D eigenvalue weighted by molar-refractivity contribution is -0.131. The third kappa shape index (κ3) is 3.78. The van der Waals surface area contributed by atoms with Crippen LogP contribution in [0.4, 0.5) is 0 Å². The normalized spacial score (nSPS) is 15.4. The third-order valence-electron chi connectivity index (χ3n) is 3.47. The fourth-order valence-electron chi connectivity index (χ4n) is 2.14. The molecule has 0 saturated carbocycles. The number of carbonyl (C=O) groups excluding carboxylic acids is 1. The van der Waals surface area contributed by atoms with Gasteiger partial charge in [-0.25, -0.2) is 0 Å². The summed E-state index contributed by atoms with van der Waals surface area (Å²) in [4.78, 5) is 15.4. The molecule has 0 radical (unpaired) electrons. The maximum absolute atomic E-state index is 12.1. The molecule has 0 spiro atoms. The van der Waals surface area contributed by atoms with Crippen LogP contribution in [0.1, 0.15) is 24.3 Å². The summed E-state index contributed by atoms with van der Waals surface area (Å²) in [6.45, 7) is 6.62. The molecule has 0 aliphatic carbocycles. The van der Waals surface area contributed by atoms with E-state index in [1.165, 1.54) is 10.4 Å². The van der Waals surface area contributed by atoms with Crippen LogP contribution in [-0.4, -0.2) is 42.2 Å². The minimum Gasteiger partial charge on any atom is -0.396 e. The van der Waals surface area contributed by atoms with Gasteiger partial charge in [0.25, 0.3) is 0 Å². The number of nitrogens with zero attached hydrogens (tertiary/aromatic N) is 1. The molecule has 106 valence electrons. The average Bonchev–Trinajstić information content (AvgIpc) is 2.85. The summed E-state index contributed by atoms with van der Waals surface area (Å²) in [5.74, 6) is 0.144. The van der Waals surface area contributed by atoms with E-state index in [0.717, 1.165) is 19.5 Å². The van der Waals surface area contributed by atoms with Gasteiger partial charge < -0.3 is 15.3 Å². The molecule has 1 aromatic heterocycles. The van der Waals surface area contributed by atoms with Gasteiger partial charge in [-0.05, 0) is 23.4 Å². The van der Waals surface area contributed by atoms with Crippen molar-refractivity contribution in [2.75, 3.05) is 26.2 Å². The number of aliphatic hydroxyl groups is 1. The summed E-state index contributed by atoms with van der Waals surface area (Å²) in [7, 11) is 0. The zero-order chi connectivity index (χ0) is 13.9. The summed E-state index contributed by atoms with van der Waals surface area (Å²) in [6, 6.07) is 2.11. The van der Waals surface area contributed by atoms with E-state index in [1.807, 2.05) is 18.7 Å². The van der Waals surface area contributed by atoms with Crippen LogP contribution in [0, 0.1) is 5.41 Å². The van der Waals surface area contributed by atoms with Crippen molar-refractivity contribution in [1.29, 1.82) is 0 Å². The van der Waals surface area contributed by atoms with Crippen LogP contribution < -0.4 is 5.32 Å². The third-order valence-corrected chi connectivity index (χ3v) is 4.49. The first-order chi connectivity index (χ1) is 9.02. The first-order valence-corrected chi connectivity index (χ1v) is 7.54. The number of nitrogens with one attached hydrogen (secondary N) is 1. The molecular weight excluding hydrogens is 260 g/mol. The number of amides is 1. The Morgan fingerprint density at radius 3 is 3.11 bits per heavy atom. The second-order valence-corrected chi connectivity index (χ2v) is 6.86. The lowest BCUT2D eigenvalue weighted by atomic mass is 9.95. The summed E-state index contributed by atoms with van der Waals surface area (Å²) < 4.78 is 0. The van der Waals surface area contributed by atoms with E-state index in [9.17, 15) is 4.79 Å². The molecular formula is C14H22N2O2S. The van der Waals surface area contributed by atoms with Crippen molar-refractivity contribution >= 4 is 17.2 Å². The molecule has 0 saturated heterocycles. The standard InChI is InChI=1S/C14H22N2O2S/c1-14(2,10-17)9-15-7-13(18)16-5-3-12-11(8-16)4-6-19-12/h4,6,15,17H,3,5,7-10H2,1-2H3. The van der Waals surface area contributed by atoms with E-state index in [2.05, 4.69) is 16.8 Å². The fourth-order valence-corrected chi connectivity index (χ4v) is 3.03. The highest BCUT2D eigenvalue weighted by molar-refractivity contribution is 7.10. The predicted octanol–water partition coefficient (Wildman–Crippen LogP) is 1.24. The molecule has 0 bridgehead atoms. The molecule has 1 amide bonds. The van der Waals surface area contributed by atoms with Crippen LogP contribution in [-0.2, 0) is 17.8 Å². The highest BCUT2D eigenvalue weighted by Gasteiger charge is 2.22. The lowest BCUT2D eigenvalue weighted by Crippen LogP contribution is -2.43. The summed E-state index contributed by atoms with van der Waals surface area (Å²) >= 11 is 1.78. The Labute approximate surface area is 118 Å². The van der Waals surface area contributed by atoms with Gasteiger partial charge in [0.15, 0.2) is 0 Å². The molecule has 4 nitrogen and oxygen atoms in total. The minimum atomic E-state index is -0.178. The summed E-state index contributed by atoms with van der Waals surface area (Å²) in [5.41, 5.74) is 1.11. The van der Waals surface area contributed by atoms with E-state index in [-0.39, 0.29) is 17.9 Å². The van der Waals surface area contributed by atoms with Gasteiger partial charge in [-0.3, -0.25) is 4.79 Å². The quantitative estimate of drug-likeness (QED) is 0.854. The van der Waals surface area contributed by atoms with Gasteiger partial charge in [0, 0.05) is 36.5 Å². The lowest BCUT2D eigenvalue weighted by Gasteiger charge is -2.28. The van der Waals surface area contributed by atoms with Crippen molar-refractivity contribution in [2.24, 2.45) is 5.41 Å². The second kappa shape index (κ2) is 6.03. The van der Waals surface area contributed by atoms with Gasteiger partial charge in [-0.2, -0.15) is 0 Å². The van der Waals surface area contributed by atoms with Crippen molar-refractivity contribution in [3.63, 3.8) is 0 Å². The van der Waals surface area contributed by atoms with Gasteiger partial charge >= 0.3 is 0 Å². The molecule has 1 aromatic rings. The number of thiophene rings is 1. The maximum Gasteiger partial charge on any atom is 0.236 e. The van der Waals surface area contributed by atoms with Crippen LogP contribution >= 0.6 is 11.3 Å². The van der Waals surface area contributed by atoms with Crippen LogP contribution in [0.2, 0.25) is 0 Å². The molecule has 0 fully saturated rings. The smallest absolute Gasteiger partial charge is 0.236 e. The van der Waals surface area contributed by atoms with E-state index >= 15 is 0 Å². The number of hydrogen-bond donors (Lipinski definition) is 2. The molecule has 19 heavy (non-hydrogen) atoms. The summed E-state index contributed by atoms with van der Waals surface area (Å²) in [6.07, 6.45) is 0.973. The van der Waals surface area contributed by atoms with Crippen LogP contribution in [0.5, 0.6) is 0 Å². The van der Waals surface area contributed by atoms with Gasteiger partial charge in [0.2, 0.25) is 5.91 Å². The van der Waals surface area contributed by atoms with Crippen LogP contribution in [0.15, 0.2) is 11.4 Å². The molecule has 5 heteroatoms. The Kier molecular flexibility index (Phi) is 4.60. The molecule has 0 unspecified atom stereocenters. The van der Waals surface area contributed by atoms with Crippen molar-refractivity contribution < 1.29 is 9.90 Å². The topological polar surface area (TPSA) is 52.6 Å². The molecule has 0 aromatic carbocycles. The predicted molar refractivity (Wildman–Crippen MR) is 77.2 cm³/mol. The molecule has 2 heterocycles. The molecule has 2 N–H and O–H groups in total. The van der Waals surface area contributed by atoms with Gasteiger partial charge in [0.1, 0.15) is 0 Å². The molecule has 1 aliphatic heterocycles. The van der Waals surface area contributed by atoms with Gasteiger partial charge in [-0.15, -0.1) is 11.3 Å². The molecule has 2 rings (SSSR count). The first-order valence-electron chi connectivity index (χ1n) is 6.66. The Morgan fingerprint density at radius 2 is 2.37 bits per heavy atom. The minimum absolute atomic E-state index is 0.121. The average molecular weight is 282 g/mol. The molecule has 1 aliphatic rings. The van der Waals surface area contributed by atoms with Crippen LogP contribution in [0.3, 0.4) is 0 Å². The van der Waals surface area contributed by atoms with Crippen molar-refractivity contribution in [2.45, 2.75) is 26.8 Å². The van der Waals surface area contributed by atoms with Gasteiger partial charge in [-0.1, -0.05) is 13.8 Å². The zero-order valence-electron chi connectivity index (χ0n) is 11.6. The second-order valence-electron chi connectivity index (χ2n) is 5.86. The van der Waals surface area contributed by atoms with E-state index in [0.29, 0.717) is 13.1 Å². The van der Waals surface area contributed by atoms with E-state index in [4.69, 9.17) is 5.11 Å². The number of rotatable bonds is 5. The Bertz CT molecular complexity index is 442. The highest BCUT2D eigenvalue weighted by Crippen LogP contribution is 2.23. The monoisotopic (exact) mass is 282 g/mol. The Balaban J connectivity index is 1.79. The van der Waals surface area contributed by atoms with Crippen molar-refractivity contribution in [3.8, 4) is 0 Å². The van der Waals surface area contributed by atoms with E-state index < -0.39 is 0 Å². The van der Waals surface area contributed by atoms with E-state index in [1.54, 1.807) is 11.3 Å². The number of fused-ring (bicyclic) bond motifs is 1. The van der Waals surface area contributed by atoms with Crippen molar-refractivity contribution in [3.05, 3.63) is 21.9 Å². The largest absolute Gasteiger partial charge is 0.396 e. The Morgan fingerprint density at radius 1 is 1.58 bits per heavy atom. The number of carbonyl (C=O) groups is 1. The first kappa shape index (κ1) is 14.5.